The Bertz CT molecular complexity index is 165. The van der Waals surface area contributed by atoms with Crippen molar-refractivity contribution in [3.8, 4) is 0 Å². The predicted molar refractivity (Wildman–Crippen MR) is 61.9 cm³/mol. The van der Waals surface area contributed by atoms with Crippen molar-refractivity contribution < 1.29 is 9.53 Å². The van der Waals surface area contributed by atoms with E-state index in [1.807, 2.05) is 20.8 Å². The molecule has 0 aromatic rings. The van der Waals surface area contributed by atoms with E-state index in [4.69, 9.17) is 10.5 Å². The third-order valence-corrected chi connectivity index (χ3v) is 2.12. The number of hydrogen-bond donors (Lipinski definition) is 1. The molecule has 0 bridgehead atoms. The minimum absolute atomic E-state index is 0.294. The number of carbonyl (C=O) groups excluding carboxylic acids is 1. The molecule has 2 N–H and O–H groups in total. The zero-order valence-electron chi connectivity index (χ0n) is 8.47. The fourth-order valence-electron chi connectivity index (χ4n) is 0.792. The molecule has 0 aromatic carbocycles. The maximum Gasteiger partial charge on any atom is 0.323 e. The Balaban J connectivity index is 3.83. The molecule has 0 saturated carbocycles. The molecule has 0 aliphatic rings. The van der Waals surface area contributed by atoms with Crippen molar-refractivity contribution >= 4 is 28.6 Å². The molecule has 0 spiro atoms. The second-order valence-corrected chi connectivity index (χ2v) is 5.05. The largest absolute Gasteiger partial charge is 0.459 e. The lowest BCUT2D eigenvalue weighted by molar-refractivity contribution is -0.156. The van der Waals surface area contributed by atoms with E-state index in [-0.39, 0.29) is 5.97 Å². The summed E-state index contributed by atoms with van der Waals surface area (Å²) in [5.41, 5.74) is 5.20. The first kappa shape index (κ1) is 13.2. The summed E-state index contributed by atoms with van der Waals surface area (Å²) in [4.78, 5) is 11.3. The number of hydrogen-bond acceptors (Lipinski definition) is 3. The highest BCUT2D eigenvalue weighted by atomic mass is 127. The summed E-state index contributed by atoms with van der Waals surface area (Å²) >= 11 is 2.26. The molecule has 0 rings (SSSR count). The fraction of sp³-hybridized carbons (Fsp3) is 0.889. The Labute approximate surface area is 93.5 Å². The Hall–Kier alpha value is 0.160. The standard InChI is InChI=1S/C9H18INO2/c1-9(2,3)13-8(12)7(11)5-4-6-10/h7H,4-6,11H2,1-3H3. The van der Waals surface area contributed by atoms with Gasteiger partial charge in [0.25, 0.3) is 0 Å². The highest BCUT2D eigenvalue weighted by Crippen LogP contribution is 2.09. The van der Waals surface area contributed by atoms with Crippen LogP contribution in [0.4, 0.5) is 0 Å². The van der Waals surface area contributed by atoms with Crippen molar-refractivity contribution in [2.75, 3.05) is 4.43 Å². The molecule has 0 amide bonds. The second kappa shape index (κ2) is 5.80. The van der Waals surface area contributed by atoms with Crippen LogP contribution in [0.3, 0.4) is 0 Å². The van der Waals surface area contributed by atoms with Gasteiger partial charge >= 0.3 is 5.97 Å². The van der Waals surface area contributed by atoms with E-state index in [1.54, 1.807) is 0 Å². The fourth-order valence-corrected chi connectivity index (χ4v) is 1.23. The lowest BCUT2D eigenvalue weighted by Crippen LogP contribution is -2.37. The molecule has 4 heteroatoms. The minimum atomic E-state index is -0.464. The highest BCUT2D eigenvalue weighted by molar-refractivity contribution is 14.1. The zero-order valence-corrected chi connectivity index (χ0v) is 10.6. The molecule has 0 aromatic heterocycles. The Kier molecular flexibility index (Phi) is 5.87. The molecule has 0 heterocycles. The lowest BCUT2D eigenvalue weighted by Gasteiger charge is -2.21. The van der Waals surface area contributed by atoms with Gasteiger partial charge < -0.3 is 10.5 Å². The van der Waals surface area contributed by atoms with Gasteiger partial charge in [-0.2, -0.15) is 0 Å². The normalized spacial score (nSPS) is 13.9. The first-order valence-electron chi connectivity index (χ1n) is 4.41. The lowest BCUT2D eigenvalue weighted by atomic mass is 10.1. The number of esters is 1. The van der Waals surface area contributed by atoms with Crippen LogP contribution in [0.25, 0.3) is 0 Å². The molecule has 0 saturated heterocycles. The van der Waals surface area contributed by atoms with Gasteiger partial charge in [0.05, 0.1) is 0 Å². The van der Waals surface area contributed by atoms with Crippen molar-refractivity contribution in [2.24, 2.45) is 5.73 Å². The monoisotopic (exact) mass is 299 g/mol. The van der Waals surface area contributed by atoms with Crippen LogP contribution in [0.15, 0.2) is 0 Å². The molecule has 0 aliphatic carbocycles. The van der Waals surface area contributed by atoms with E-state index in [9.17, 15) is 4.79 Å². The summed E-state index contributed by atoms with van der Waals surface area (Å²) in [6.45, 7) is 5.53. The number of rotatable bonds is 4. The van der Waals surface area contributed by atoms with Gasteiger partial charge in [-0.3, -0.25) is 4.79 Å². The molecule has 78 valence electrons. The smallest absolute Gasteiger partial charge is 0.323 e. The molecule has 0 aliphatic heterocycles. The predicted octanol–water partition coefficient (Wildman–Crippen LogP) is 1.87. The summed E-state index contributed by atoms with van der Waals surface area (Å²) in [5.74, 6) is -0.294. The summed E-state index contributed by atoms with van der Waals surface area (Å²) in [5, 5.41) is 0. The molecule has 1 atom stereocenters. The second-order valence-electron chi connectivity index (χ2n) is 3.97. The van der Waals surface area contributed by atoms with Gasteiger partial charge in [0, 0.05) is 0 Å². The summed E-state index contributed by atoms with van der Waals surface area (Å²) in [7, 11) is 0. The van der Waals surface area contributed by atoms with Gasteiger partial charge in [0.1, 0.15) is 11.6 Å². The number of carbonyl (C=O) groups is 1. The Morgan fingerprint density at radius 3 is 2.46 bits per heavy atom. The van der Waals surface area contributed by atoms with Crippen LogP contribution in [0, 0.1) is 0 Å². The van der Waals surface area contributed by atoms with Crippen molar-refractivity contribution in [2.45, 2.75) is 45.3 Å². The molecule has 1 unspecified atom stereocenters. The Morgan fingerprint density at radius 2 is 2.08 bits per heavy atom. The Morgan fingerprint density at radius 1 is 1.54 bits per heavy atom. The molecule has 0 fully saturated rings. The van der Waals surface area contributed by atoms with E-state index in [0.717, 1.165) is 10.8 Å². The molecule has 3 nitrogen and oxygen atoms in total. The van der Waals surface area contributed by atoms with Crippen molar-refractivity contribution in [1.29, 1.82) is 0 Å². The van der Waals surface area contributed by atoms with Gasteiger partial charge in [-0.15, -0.1) is 0 Å². The van der Waals surface area contributed by atoms with E-state index < -0.39 is 11.6 Å². The van der Waals surface area contributed by atoms with Crippen LogP contribution in [-0.4, -0.2) is 22.0 Å². The first-order chi connectivity index (χ1) is 5.87. The van der Waals surface area contributed by atoms with Crippen molar-refractivity contribution in [1.82, 2.24) is 0 Å². The van der Waals surface area contributed by atoms with Gasteiger partial charge in [0.15, 0.2) is 0 Å². The average Bonchev–Trinajstić information content (AvgIpc) is 1.96. The zero-order chi connectivity index (χ0) is 10.5. The van der Waals surface area contributed by atoms with Crippen LogP contribution >= 0.6 is 22.6 Å². The average molecular weight is 299 g/mol. The van der Waals surface area contributed by atoms with E-state index in [1.165, 1.54) is 0 Å². The van der Waals surface area contributed by atoms with Gasteiger partial charge in [-0.1, -0.05) is 22.6 Å². The molecular weight excluding hydrogens is 281 g/mol. The summed E-state index contributed by atoms with van der Waals surface area (Å²) in [6, 6.07) is -0.464. The maximum atomic E-state index is 11.3. The minimum Gasteiger partial charge on any atom is -0.459 e. The van der Waals surface area contributed by atoms with E-state index in [2.05, 4.69) is 22.6 Å². The number of alkyl halides is 1. The van der Waals surface area contributed by atoms with Crippen molar-refractivity contribution in [3.05, 3.63) is 0 Å². The summed E-state index contributed by atoms with van der Waals surface area (Å²) < 4.78 is 6.15. The van der Waals surface area contributed by atoms with E-state index in [0.29, 0.717) is 6.42 Å². The van der Waals surface area contributed by atoms with Crippen LogP contribution in [0.2, 0.25) is 0 Å². The SMILES string of the molecule is CC(C)(C)OC(=O)C(N)CCCI. The highest BCUT2D eigenvalue weighted by Gasteiger charge is 2.21. The molecule has 13 heavy (non-hydrogen) atoms. The molecule has 0 radical (unpaired) electrons. The van der Waals surface area contributed by atoms with Gasteiger partial charge in [-0.25, -0.2) is 0 Å². The number of nitrogens with two attached hydrogens (primary N) is 1. The van der Waals surface area contributed by atoms with Crippen LogP contribution < -0.4 is 5.73 Å². The van der Waals surface area contributed by atoms with E-state index >= 15 is 0 Å². The van der Waals surface area contributed by atoms with Gasteiger partial charge in [0.2, 0.25) is 0 Å². The van der Waals surface area contributed by atoms with Crippen LogP contribution in [0.1, 0.15) is 33.6 Å². The quantitative estimate of drug-likeness (QED) is 0.490. The van der Waals surface area contributed by atoms with Crippen LogP contribution in [-0.2, 0) is 9.53 Å². The number of halogens is 1. The third kappa shape index (κ3) is 7.25. The maximum absolute atomic E-state index is 11.3. The molecular formula is C9H18INO2. The summed E-state index contributed by atoms with van der Waals surface area (Å²) in [6.07, 6.45) is 1.67. The third-order valence-electron chi connectivity index (χ3n) is 1.36. The van der Waals surface area contributed by atoms with Crippen LogP contribution in [0.5, 0.6) is 0 Å². The first-order valence-corrected chi connectivity index (χ1v) is 5.94. The van der Waals surface area contributed by atoms with Crippen molar-refractivity contribution in [3.63, 3.8) is 0 Å². The topological polar surface area (TPSA) is 52.3 Å². The van der Waals surface area contributed by atoms with Gasteiger partial charge in [-0.05, 0) is 38.0 Å². The number of ether oxygens (including phenoxy) is 1.